The molecule has 4 aromatic heterocycles. The standard InChI is InChI=1S/C25H17F2N5O/c26-17-3-1-15(2-4-17)20-14-30-32-23-8-10-31(25(33)21(23)13-29-24(20)32)9-7-16-12-28-22-6-5-18(27)11-19(16)22/h1-6,8,10-14,28H,7,9H2. The minimum atomic E-state index is -0.313. The average Bonchev–Trinajstić information content (AvgIpc) is 3.43. The molecular weight excluding hydrogens is 424 g/mol. The number of rotatable bonds is 4. The van der Waals surface area contributed by atoms with E-state index in [1.807, 2.05) is 12.3 Å². The van der Waals surface area contributed by atoms with Crippen molar-refractivity contribution in [3.63, 3.8) is 0 Å². The topological polar surface area (TPSA) is 68.0 Å². The van der Waals surface area contributed by atoms with E-state index in [1.165, 1.54) is 24.3 Å². The van der Waals surface area contributed by atoms with E-state index in [-0.39, 0.29) is 17.2 Å². The number of aromatic nitrogens is 5. The number of hydrogen-bond acceptors (Lipinski definition) is 3. The Morgan fingerprint density at radius 3 is 2.61 bits per heavy atom. The molecule has 2 aromatic carbocycles. The number of aryl methyl sites for hydroxylation is 2. The van der Waals surface area contributed by atoms with Crippen LogP contribution in [0.5, 0.6) is 0 Å². The number of pyridine rings is 1. The second kappa shape index (κ2) is 7.37. The van der Waals surface area contributed by atoms with E-state index in [2.05, 4.69) is 15.1 Å². The van der Waals surface area contributed by atoms with Gasteiger partial charge in [-0.2, -0.15) is 5.10 Å². The number of fused-ring (bicyclic) bond motifs is 4. The van der Waals surface area contributed by atoms with Gasteiger partial charge in [-0.1, -0.05) is 12.1 Å². The Morgan fingerprint density at radius 1 is 0.939 bits per heavy atom. The Balaban J connectivity index is 1.37. The van der Waals surface area contributed by atoms with Gasteiger partial charge in [0.1, 0.15) is 11.6 Å². The average molecular weight is 441 g/mol. The zero-order valence-corrected chi connectivity index (χ0v) is 17.3. The summed E-state index contributed by atoms with van der Waals surface area (Å²) in [6, 6.07) is 12.6. The molecule has 0 atom stereocenters. The number of nitrogens with one attached hydrogen (secondary N) is 1. The molecule has 0 bridgehead atoms. The fourth-order valence-corrected chi connectivity index (χ4v) is 4.26. The fraction of sp³-hybridized carbons (Fsp3) is 0.0800. The third kappa shape index (κ3) is 3.18. The Bertz CT molecular complexity index is 1710. The van der Waals surface area contributed by atoms with Crippen molar-refractivity contribution in [3.05, 3.63) is 101 Å². The minimum absolute atomic E-state index is 0.174. The lowest BCUT2D eigenvalue weighted by Crippen LogP contribution is -2.21. The molecule has 0 aliphatic carbocycles. The molecule has 0 spiro atoms. The van der Waals surface area contributed by atoms with Crippen LogP contribution in [0.25, 0.3) is 38.6 Å². The fourth-order valence-electron chi connectivity index (χ4n) is 4.26. The van der Waals surface area contributed by atoms with Crippen molar-refractivity contribution >= 4 is 27.5 Å². The number of benzene rings is 2. The van der Waals surface area contributed by atoms with Crippen LogP contribution in [-0.4, -0.2) is 24.1 Å². The highest BCUT2D eigenvalue weighted by atomic mass is 19.1. The van der Waals surface area contributed by atoms with Crippen LogP contribution in [0.15, 0.2) is 78.1 Å². The molecule has 1 N–H and O–H groups in total. The van der Waals surface area contributed by atoms with Crippen molar-refractivity contribution in [2.24, 2.45) is 0 Å². The SMILES string of the molecule is O=c1c2cnc3c(-c4ccc(F)cc4)cnn3c2ccn1CCc1c[nH]c2ccc(F)cc12. The highest BCUT2D eigenvalue weighted by Gasteiger charge is 2.13. The number of hydrogen-bond donors (Lipinski definition) is 1. The lowest BCUT2D eigenvalue weighted by molar-refractivity contribution is 0.628. The highest BCUT2D eigenvalue weighted by molar-refractivity contribution is 5.85. The molecule has 4 heterocycles. The number of nitrogens with zero attached hydrogens (tertiary/aromatic N) is 4. The molecule has 0 aliphatic heterocycles. The van der Waals surface area contributed by atoms with E-state index in [1.54, 1.807) is 45.9 Å². The first-order valence-corrected chi connectivity index (χ1v) is 10.5. The van der Waals surface area contributed by atoms with Gasteiger partial charge in [0.05, 0.1) is 17.1 Å². The smallest absolute Gasteiger partial charge is 0.261 e. The molecule has 0 fully saturated rings. The highest BCUT2D eigenvalue weighted by Crippen LogP contribution is 2.25. The van der Waals surface area contributed by atoms with Gasteiger partial charge in [-0.3, -0.25) is 4.79 Å². The minimum Gasteiger partial charge on any atom is -0.361 e. The molecule has 6 nitrogen and oxygen atoms in total. The molecular formula is C25H17F2N5O. The molecule has 0 radical (unpaired) electrons. The van der Waals surface area contributed by atoms with Gasteiger partial charge in [0.2, 0.25) is 0 Å². The van der Waals surface area contributed by atoms with Crippen LogP contribution in [0.2, 0.25) is 0 Å². The van der Waals surface area contributed by atoms with Crippen LogP contribution < -0.4 is 5.56 Å². The van der Waals surface area contributed by atoms with Gasteiger partial charge in [0, 0.05) is 41.6 Å². The summed E-state index contributed by atoms with van der Waals surface area (Å²) in [6.07, 6.45) is 7.37. The molecule has 6 rings (SSSR count). The molecule has 8 heteroatoms. The first-order valence-electron chi connectivity index (χ1n) is 10.5. The van der Waals surface area contributed by atoms with Crippen LogP contribution in [0.4, 0.5) is 8.78 Å². The summed E-state index contributed by atoms with van der Waals surface area (Å²) >= 11 is 0. The van der Waals surface area contributed by atoms with E-state index in [0.717, 1.165) is 27.6 Å². The summed E-state index contributed by atoms with van der Waals surface area (Å²) in [7, 11) is 0. The maximum Gasteiger partial charge on any atom is 0.261 e. The normalized spacial score (nSPS) is 11.7. The molecule has 0 amide bonds. The van der Waals surface area contributed by atoms with E-state index in [9.17, 15) is 13.6 Å². The van der Waals surface area contributed by atoms with Crippen LogP contribution >= 0.6 is 0 Å². The molecule has 6 aromatic rings. The summed E-state index contributed by atoms with van der Waals surface area (Å²) < 4.78 is 30.2. The number of H-pyrrole nitrogens is 1. The molecule has 33 heavy (non-hydrogen) atoms. The van der Waals surface area contributed by atoms with Crippen molar-refractivity contribution in [3.8, 4) is 11.1 Å². The molecule has 0 saturated heterocycles. The van der Waals surface area contributed by atoms with E-state index in [0.29, 0.717) is 29.5 Å². The third-order valence-electron chi connectivity index (χ3n) is 5.97. The predicted molar refractivity (Wildman–Crippen MR) is 122 cm³/mol. The zero-order chi connectivity index (χ0) is 22.5. The van der Waals surface area contributed by atoms with E-state index in [4.69, 9.17) is 0 Å². The quantitative estimate of drug-likeness (QED) is 0.431. The van der Waals surface area contributed by atoms with Gasteiger partial charge in [0.15, 0.2) is 5.65 Å². The predicted octanol–water partition coefficient (Wildman–Crippen LogP) is 4.71. The second-order valence-electron chi connectivity index (χ2n) is 7.93. The molecule has 0 aliphatic rings. The Morgan fingerprint density at radius 2 is 1.76 bits per heavy atom. The van der Waals surface area contributed by atoms with Gasteiger partial charge in [0.25, 0.3) is 5.56 Å². The Kier molecular flexibility index (Phi) is 4.33. The monoisotopic (exact) mass is 441 g/mol. The summed E-state index contributed by atoms with van der Waals surface area (Å²) in [6.45, 7) is 0.441. The lowest BCUT2D eigenvalue weighted by Gasteiger charge is -2.08. The van der Waals surface area contributed by atoms with Gasteiger partial charge < -0.3 is 9.55 Å². The van der Waals surface area contributed by atoms with Gasteiger partial charge in [-0.15, -0.1) is 0 Å². The lowest BCUT2D eigenvalue weighted by atomic mass is 10.1. The summed E-state index contributed by atoms with van der Waals surface area (Å²) in [5.74, 6) is -0.604. The maximum atomic E-state index is 13.7. The molecule has 0 unspecified atom stereocenters. The largest absolute Gasteiger partial charge is 0.361 e. The van der Waals surface area contributed by atoms with Crippen molar-refractivity contribution in [2.45, 2.75) is 13.0 Å². The van der Waals surface area contributed by atoms with Crippen molar-refractivity contribution in [2.75, 3.05) is 0 Å². The van der Waals surface area contributed by atoms with Crippen LogP contribution in [0.3, 0.4) is 0 Å². The van der Waals surface area contributed by atoms with Crippen molar-refractivity contribution in [1.82, 2.24) is 24.1 Å². The first-order chi connectivity index (χ1) is 16.1. The van der Waals surface area contributed by atoms with Gasteiger partial charge in [-0.25, -0.2) is 18.3 Å². The third-order valence-corrected chi connectivity index (χ3v) is 5.97. The Hall–Kier alpha value is -4.33. The van der Waals surface area contributed by atoms with Crippen molar-refractivity contribution < 1.29 is 8.78 Å². The van der Waals surface area contributed by atoms with Crippen LogP contribution in [-0.2, 0) is 13.0 Å². The van der Waals surface area contributed by atoms with Crippen molar-refractivity contribution in [1.29, 1.82) is 0 Å². The van der Waals surface area contributed by atoms with Gasteiger partial charge >= 0.3 is 0 Å². The van der Waals surface area contributed by atoms with E-state index < -0.39 is 0 Å². The first kappa shape index (κ1) is 19.4. The van der Waals surface area contributed by atoms with E-state index >= 15 is 0 Å². The maximum absolute atomic E-state index is 13.7. The summed E-state index contributed by atoms with van der Waals surface area (Å²) in [5, 5.41) is 5.68. The second-order valence-corrected chi connectivity index (χ2v) is 7.93. The van der Waals surface area contributed by atoms with Crippen LogP contribution in [0.1, 0.15) is 5.56 Å². The number of aromatic amines is 1. The summed E-state index contributed by atoms with van der Waals surface area (Å²) in [4.78, 5) is 20.8. The molecule has 0 saturated carbocycles. The van der Waals surface area contributed by atoms with Gasteiger partial charge in [-0.05, 0) is 53.9 Å². The summed E-state index contributed by atoms with van der Waals surface area (Å²) in [5.41, 5.74) is 4.41. The van der Waals surface area contributed by atoms with Crippen LogP contribution in [0, 0.1) is 11.6 Å². The number of halogens is 2. The Labute approximate surface area is 185 Å². The zero-order valence-electron chi connectivity index (χ0n) is 17.3. The molecule has 162 valence electrons.